The van der Waals surface area contributed by atoms with Crippen LogP contribution in [0.15, 0.2) is 47.4 Å². The highest BCUT2D eigenvalue weighted by Gasteiger charge is 2.20. The van der Waals surface area contributed by atoms with Crippen LogP contribution in [0.5, 0.6) is 0 Å². The van der Waals surface area contributed by atoms with Crippen molar-refractivity contribution in [3.8, 4) is 22.5 Å². The summed E-state index contributed by atoms with van der Waals surface area (Å²) in [4.78, 5) is 19.8. The number of aromatic nitrogens is 2. The molecule has 2 aromatic carbocycles. The summed E-state index contributed by atoms with van der Waals surface area (Å²) >= 11 is 0. The smallest absolute Gasteiger partial charge is 0.266 e. The normalized spacial score (nSPS) is 12.3. The van der Waals surface area contributed by atoms with Crippen LogP contribution in [-0.4, -0.2) is 9.97 Å². The van der Waals surface area contributed by atoms with Gasteiger partial charge in [0.05, 0.1) is 17.6 Å². The maximum atomic E-state index is 12.2. The average molecular weight is 389 g/mol. The van der Waals surface area contributed by atoms with Gasteiger partial charge in [-0.1, -0.05) is 64.8 Å². The molecule has 0 saturated carbocycles. The minimum absolute atomic E-state index is 0.0200. The second-order valence-electron chi connectivity index (χ2n) is 10.1. The molecule has 0 amide bonds. The lowest BCUT2D eigenvalue weighted by atomic mass is 9.83. The quantitative estimate of drug-likeness (QED) is 0.558. The van der Waals surface area contributed by atoms with Crippen molar-refractivity contribution in [2.24, 2.45) is 0 Å². The van der Waals surface area contributed by atoms with Gasteiger partial charge in [0.15, 0.2) is 0 Å². The lowest BCUT2D eigenvalue weighted by Gasteiger charge is -2.22. The molecule has 152 valence electrons. The van der Waals surface area contributed by atoms with Gasteiger partial charge < -0.3 is 4.98 Å². The van der Waals surface area contributed by atoms with E-state index in [-0.39, 0.29) is 16.4 Å². The van der Waals surface area contributed by atoms with Crippen LogP contribution in [0.2, 0.25) is 0 Å². The monoisotopic (exact) mass is 388 g/mol. The molecule has 0 unspecified atom stereocenters. The fourth-order valence-electron chi connectivity index (χ4n) is 3.54. The molecule has 0 aliphatic rings. The van der Waals surface area contributed by atoms with Gasteiger partial charge in [0.25, 0.3) is 5.56 Å². The minimum Gasteiger partial charge on any atom is -0.319 e. The van der Waals surface area contributed by atoms with Crippen LogP contribution < -0.4 is 5.56 Å². The first kappa shape index (κ1) is 21.0. The van der Waals surface area contributed by atoms with Gasteiger partial charge in [-0.15, -0.1) is 0 Å². The highest BCUT2D eigenvalue weighted by molar-refractivity contribution is 5.79. The number of nitrogens with zero attached hydrogens (tertiary/aromatic N) is 1. The Hall–Kier alpha value is -2.68. The molecule has 1 N–H and O–H groups in total. The first-order valence-electron chi connectivity index (χ1n) is 10.2. The molecular weight excluding hydrogens is 356 g/mol. The Balaban J connectivity index is 2.28. The third-order valence-electron chi connectivity index (χ3n) is 5.24. The van der Waals surface area contributed by atoms with Crippen molar-refractivity contribution in [1.82, 2.24) is 9.97 Å². The molecule has 3 rings (SSSR count). The first-order valence-corrected chi connectivity index (χ1v) is 10.2. The van der Waals surface area contributed by atoms with Gasteiger partial charge in [0.2, 0.25) is 0 Å². The summed E-state index contributed by atoms with van der Waals surface area (Å²) < 4.78 is 0. The Labute approximate surface area is 174 Å². The molecule has 0 atom stereocenters. The molecular formula is C26H32N2O. The summed E-state index contributed by atoms with van der Waals surface area (Å²) in [5.41, 5.74) is 8.32. The van der Waals surface area contributed by atoms with E-state index in [1.807, 2.05) is 0 Å². The standard InChI is InChI=1S/C26H32N2O/c1-16-9-18(13-20(11-16)25(3,4)5)23-24(28-22(29)15-27-23)19-10-17(2)12-21(14-19)26(6,7)8/h9-15H,1-8H3,(H,28,29). The van der Waals surface area contributed by atoms with Gasteiger partial charge in [-0.05, 0) is 60.1 Å². The van der Waals surface area contributed by atoms with Crippen LogP contribution in [0.3, 0.4) is 0 Å². The summed E-state index contributed by atoms with van der Waals surface area (Å²) in [5.74, 6) is 0. The molecule has 0 saturated heterocycles. The van der Waals surface area contributed by atoms with E-state index >= 15 is 0 Å². The topological polar surface area (TPSA) is 45.8 Å². The van der Waals surface area contributed by atoms with Crippen molar-refractivity contribution in [3.63, 3.8) is 0 Å². The van der Waals surface area contributed by atoms with Gasteiger partial charge >= 0.3 is 0 Å². The van der Waals surface area contributed by atoms with Gasteiger partial charge in [-0.3, -0.25) is 4.79 Å². The molecule has 1 heterocycles. The molecule has 3 aromatic rings. The van der Waals surface area contributed by atoms with Crippen LogP contribution >= 0.6 is 0 Å². The Morgan fingerprint density at radius 2 is 1.21 bits per heavy atom. The Bertz CT molecular complexity index is 1110. The Morgan fingerprint density at radius 1 is 0.724 bits per heavy atom. The van der Waals surface area contributed by atoms with Gasteiger partial charge in [0.1, 0.15) is 0 Å². The first-order chi connectivity index (χ1) is 13.3. The average Bonchev–Trinajstić information content (AvgIpc) is 2.59. The van der Waals surface area contributed by atoms with Gasteiger partial charge in [-0.2, -0.15) is 0 Å². The lowest BCUT2D eigenvalue weighted by Crippen LogP contribution is -2.13. The molecule has 3 nitrogen and oxygen atoms in total. The number of hydrogen-bond donors (Lipinski definition) is 1. The van der Waals surface area contributed by atoms with Crippen LogP contribution in [0.1, 0.15) is 63.8 Å². The third-order valence-corrected chi connectivity index (χ3v) is 5.24. The number of rotatable bonds is 2. The SMILES string of the molecule is Cc1cc(-c2ncc(=O)[nH]c2-c2cc(C)cc(C(C)(C)C)c2)cc(C(C)(C)C)c1. The number of aromatic amines is 1. The van der Waals surface area contributed by atoms with Crippen molar-refractivity contribution < 1.29 is 0 Å². The Morgan fingerprint density at radius 3 is 1.72 bits per heavy atom. The molecule has 0 spiro atoms. The molecule has 0 bridgehead atoms. The van der Waals surface area contributed by atoms with Crippen molar-refractivity contribution >= 4 is 0 Å². The maximum Gasteiger partial charge on any atom is 0.266 e. The fraction of sp³-hybridized carbons (Fsp3) is 0.385. The molecule has 0 radical (unpaired) electrons. The van der Waals surface area contributed by atoms with E-state index in [1.54, 1.807) is 0 Å². The lowest BCUT2D eigenvalue weighted by molar-refractivity contribution is 0.589. The van der Waals surface area contributed by atoms with E-state index in [9.17, 15) is 4.79 Å². The fourth-order valence-corrected chi connectivity index (χ4v) is 3.54. The zero-order valence-corrected chi connectivity index (χ0v) is 18.9. The zero-order valence-electron chi connectivity index (χ0n) is 18.9. The van der Waals surface area contributed by atoms with Crippen molar-refractivity contribution in [2.75, 3.05) is 0 Å². The maximum absolute atomic E-state index is 12.2. The number of H-pyrrole nitrogens is 1. The number of benzene rings is 2. The molecule has 0 aliphatic carbocycles. The molecule has 3 heteroatoms. The second kappa shape index (κ2) is 7.29. The largest absolute Gasteiger partial charge is 0.319 e. The highest BCUT2D eigenvalue weighted by atomic mass is 16.1. The summed E-state index contributed by atoms with van der Waals surface area (Å²) in [7, 11) is 0. The van der Waals surface area contributed by atoms with Crippen molar-refractivity contribution in [1.29, 1.82) is 0 Å². The summed E-state index contributed by atoms with van der Waals surface area (Å²) in [6.07, 6.45) is 1.37. The summed E-state index contributed by atoms with van der Waals surface area (Å²) in [5, 5.41) is 0. The summed E-state index contributed by atoms with van der Waals surface area (Å²) in [6, 6.07) is 13.1. The van der Waals surface area contributed by atoms with Gasteiger partial charge in [0, 0.05) is 11.1 Å². The molecule has 1 aromatic heterocycles. The third kappa shape index (κ3) is 4.67. The summed E-state index contributed by atoms with van der Waals surface area (Å²) in [6.45, 7) is 17.4. The predicted octanol–water partition coefficient (Wildman–Crippen LogP) is 6.32. The van der Waals surface area contributed by atoms with E-state index in [1.165, 1.54) is 28.5 Å². The number of hydrogen-bond acceptors (Lipinski definition) is 2. The van der Waals surface area contributed by atoms with E-state index < -0.39 is 0 Å². The predicted molar refractivity (Wildman–Crippen MR) is 123 cm³/mol. The minimum atomic E-state index is -0.189. The van der Waals surface area contributed by atoms with Crippen molar-refractivity contribution in [2.45, 2.75) is 66.2 Å². The molecule has 0 aliphatic heterocycles. The highest BCUT2D eigenvalue weighted by Crippen LogP contribution is 2.34. The van der Waals surface area contributed by atoms with E-state index in [0.29, 0.717) is 0 Å². The van der Waals surface area contributed by atoms with E-state index in [2.05, 4.69) is 102 Å². The second-order valence-corrected chi connectivity index (χ2v) is 10.1. The van der Waals surface area contributed by atoms with Crippen LogP contribution in [0, 0.1) is 13.8 Å². The van der Waals surface area contributed by atoms with Crippen LogP contribution in [-0.2, 0) is 10.8 Å². The zero-order chi connectivity index (χ0) is 21.6. The van der Waals surface area contributed by atoms with E-state index in [4.69, 9.17) is 0 Å². The number of aryl methyl sites for hydroxylation is 2. The number of nitrogens with one attached hydrogen (secondary N) is 1. The Kier molecular flexibility index (Phi) is 5.29. The van der Waals surface area contributed by atoms with Crippen molar-refractivity contribution in [3.05, 3.63) is 75.2 Å². The van der Waals surface area contributed by atoms with Crippen LogP contribution in [0.25, 0.3) is 22.5 Å². The van der Waals surface area contributed by atoms with E-state index in [0.717, 1.165) is 22.5 Å². The van der Waals surface area contributed by atoms with Gasteiger partial charge in [-0.25, -0.2) is 4.98 Å². The molecule has 29 heavy (non-hydrogen) atoms. The molecule has 0 fully saturated rings. The van der Waals surface area contributed by atoms with Crippen LogP contribution in [0.4, 0.5) is 0 Å².